The quantitative estimate of drug-likeness (QED) is 0.893. The number of rotatable bonds is 5. The molecule has 0 spiro atoms. The van der Waals surface area contributed by atoms with Crippen molar-refractivity contribution in [3.63, 3.8) is 0 Å². The molecule has 1 aliphatic heterocycles. The molecule has 2 rings (SSSR count). The zero-order chi connectivity index (χ0) is 13.2. The van der Waals surface area contributed by atoms with E-state index in [-0.39, 0.29) is 0 Å². The number of halogens is 1. The smallest absolute Gasteiger partial charge is 0.324 e. The van der Waals surface area contributed by atoms with Crippen LogP contribution in [-0.2, 0) is 11.3 Å². The fourth-order valence-corrected chi connectivity index (χ4v) is 4.30. The Morgan fingerprint density at radius 2 is 2.44 bits per heavy atom. The Kier molecular flexibility index (Phi) is 4.45. The lowest BCUT2D eigenvalue weighted by molar-refractivity contribution is -0.150. The number of thiophene rings is 1. The molecule has 5 heteroatoms. The SMILES string of the molecule is CCCC1(C(=O)O)CCCN1Cc1cc(Br)cs1. The summed E-state index contributed by atoms with van der Waals surface area (Å²) in [4.78, 5) is 15.0. The molecule has 0 amide bonds. The van der Waals surface area contributed by atoms with Gasteiger partial charge in [0, 0.05) is 21.3 Å². The molecular weight excluding hydrogens is 314 g/mol. The number of carboxylic acid groups (broad SMARTS) is 1. The highest BCUT2D eigenvalue weighted by atomic mass is 79.9. The van der Waals surface area contributed by atoms with Crippen molar-refractivity contribution in [2.45, 2.75) is 44.7 Å². The van der Waals surface area contributed by atoms with Gasteiger partial charge < -0.3 is 5.11 Å². The minimum Gasteiger partial charge on any atom is -0.480 e. The second-order valence-electron chi connectivity index (χ2n) is 4.84. The topological polar surface area (TPSA) is 40.5 Å². The third kappa shape index (κ3) is 2.63. The van der Waals surface area contributed by atoms with Crippen molar-refractivity contribution < 1.29 is 9.90 Å². The van der Waals surface area contributed by atoms with Crippen LogP contribution in [0, 0.1) is 0 Å². The first-order valence-corrected chi connectivity index (χ1v) is 7.97. The molecular formula is C13H18BrNO2S. The summed E-state index contributed by atoms with van der Waals surface area (Å²) < 4.78 is 1.08. The standard InChI is InChI=1S/C13H18BrNO2S/c1-2-4-13(12(16)17)5-3-6-15(13)8-11-7-10(14)9-18-11/h7,9H,2-6,8H2,1H3,(H,16,17). The predicted molar refractivity (Wildman–Crippen MR) is 76.9 cm³/mol. The summed E-state index contributed by atoms with van der Waals surface area (Å²) in [7, 11) is 0. The number of likely N-dealkylation sites (tertiary alicyclic amines) is 1. The molecule has 1 saturated heterocycles. The van der Waals surface area contributed by atoms with Crippen molar-refractivity contribution in [1.29, 1.82) is 0 Å². The highest BCUT2D eigenvalue weighted by Gasteiger charge is 2.46. The van der Waals surface area contributed by atoms with Crippen LogP contribution in [0.4, 0.5) is 0 Å². The highest BCUT2D eigenvalue weighted by molar-refractivity contribution is 9.10. The van der Waals surface area contributed by atoms with Gasteiger partial charge in [0.1, 0.15) is 5.54 Å². The fraction of sp³-hybridized carbons (Fsp3) is 0.615. The summed E-state index contributed by atoms with van der Waals surface area (Å²) in [6, 6.07) is 2.08. The number of carbonyl (C=O) groups is 1. The third-order valence-electron chi connectivity index (χ3n) is 3.65. The number of carboxylic acids is 1. The first-order valence-electron chi connectivity index (χ1n) is 6.30. The van der Waals surface area contributed by atoms with Crippen LogP contribution >= 0.6 is 27.3 Å². The van der Waals surface area contributed by atoms with Crippen molar-refractivity contribution in [2.75, 3.05) is 6.54 Å². The maximum atomic E-state index is 11.7. The molecule has 1 atom stereocenters. The lowest BCUT2D eigenvalue weighted by Crippen LogP contribution is -2.49. The van der Waals surface area contributed by atoms with Crippen LogP contribution in [0.2, 0.25) is 0 Å². The van der Waals surface area contributed by atoms with Crippen molar-refractivity contribution in [3.8, 4) is 0 Å². The Balaban J connectivity index is 2.17. The molecule has 1 aliphatic rings. The lowest BCUT2D eigenvalue weighted by Gasteiger charge is -2.34. The van der Waals surface area contributed by atoms with E-state index >= 15 is 0 Å². The molecule has 1 aromatic heterocycles. The second kappa shape index (κ2) is 5.72. The molecule has 3 nitrogen and oxygen atoms in total. The summed E-state index contributed by atoms with van der Waals surface area (Å²) >= 11 is 5.13. The zero-order valence-electron chi connectivity index (χ0n) is 10.5. The Morgan fingerprint density at radius 1 is 1.67 bits per heavy atom. The van der Waals surface area contributed by atoms with E-state index in [0.29, 0.717) is 0 Å². The summed E-state index contributed by atoms with van der Waals surface area (Å²) in [5.74, 6) is -0.655. The average molecular weight is 332 g/mol. The van der Waals surface area contributed by atoms with E-state index in [0.717, 1.165) is 43.2 Å². The van der Waals surface area contributed by atoms with E-state index in [4.69, 9.17) is 0 Å². The molecule has 1 N–H and O–H groups in total. The fourth-order valence-electron chi connectivity index (χ4n) is 2.84. The van der Waals surface area contributed by atoms with E-state index in [1.807, 2.05) is 5.38 Å². The van der Waals surface area contributed by atoms with E-state index < -0.39 is 11.5 Å². The lowest BCUT2D eigenvalue weighted by atomic mass is 9.90. The van der Waals surface area contributed by atoms with Gasteiger partial charge in [0.25, 0.3) is 0 Å². The van der Waals surface area contributed by atoms with Gasteiger partial charge in [0.15, 0.2) is 0 Å². The van der Waals surface area contributed by atoms with Gasteiger partial charge in [0.2, 0.25) is 0 Å². The Bertz CT molecular complexity index is 434. The van der Waals surface area contributed by atoms with E-state index in [1.165, 1.54) is 4.88 Å². The number of nitrogens with zero attached hydrogens (tertiary/aromatic N) is 1. The molecule has 100 valence electrons. The van der Waals surface area contributed by atoms with Crippen LogP contribution in [0.25, 0.3) is 0 Å². The van der Waals surface area contributed by atoms with Crippen LogP contribution in [0.15, 0.2) is 15.9 Å². The van der Waals surface area contributed by atoms with Crippen molar-refractivity contribution in [2.24, 2.45) is 0 Å². The molecule has 1 aromatic rings. The van der Waals surface area contributed by atoms with Crippen LogP contribution in [0.3, 0.4) is 0 Å². The first kappa shape index (κ1) is 14.0. The predicted octanol–water partition coefficient (Wildman–Crippen LogP) is 3.73. The molecule has 0 radical (unpaired) electrons. The maximum absolute atomic E-state index is 11.7. The van der Waals surface area contributed by atoms with Gasteiger partial charge in [-0.3, -0.25) is 9.69 Å². The van der Waals surface area contributed by atoms with E-state index in [9.17, 15) is 9.90 Å². The van der Waals surface area contributed by atoms with Crippen molar-refractivity contribution >= 4 is 33.2 Å². The van der Waals surface area contributed by atoms with Gasteiger partial charge in [-0.2, -0.15) is 0 Å². The second-order valence-corrected chi connectivity index (χ2v) is 6.75. The number of hydrogen-bond donors (Lipinski definition) is 1. The molecule has 18 heavy (non-hydrogen) atoms. The highest BCUT2D eigenvalue weighted by Crippen LogP contribution is 2.36. The van der Waals surface area contributed by atoms with Gasteiger partial charge in [-0.15, -0.1) is 11.3 Å². The van der Waals surface area contributed by atoms with E-state index in [2.05, 4.69) is 33.8 Å². The van der Waals surface area contributed by atoms with Gasteiger partial charge >= 0.3 is 5.97 Å². The number of aliphatic carboxylic acids is 1. The summed E-state index contributed by atoms with van der Waals surface area (Å²) in [6.45, 7) is 3.70. The van der Waals surface area contributed by atoms with Crippen LogP contribution < -0.4 is 0 Å². The van der Waals surface area contributed by atoms with Gasteiger partial charge in [-0.1, -0.05) is 13.3 Å². The Hall–Kier alpha value is -0.390. The summed E-state index contributed by atoms with van der Waals surface area (Å²) in [5, 5.41) is 11.7. The number of hydrogen-bond acceptors (Lipinski definition) is 3. The molecule has 2 heterocycles. The van der Waals surface area contributed by atoms with Crippen LogP contribution in [0.1, 0.15) is 37.5 Å². The van der Waals surface area contributed by atoms with Crippen LogP contribution in [0.5, 0.6) is 0 Å². The Labute approximate surface area is 120 Å². The molecule has 0 bridgehead atoms. The minimum atomic E-state index is -0.655. The normalized spacial score (nSPS) is 24.6. The molecule has 0 saturated carbocycles. The minimum absolute atomic E-state index is 0.634. The van der Waals surface area contributed by atoms with Crippen molar-refractivity contribution in [3.05, 3.63) is 20.8 Å². The first-order chi connectivity index (χ1) is 8.58. The van der Waals surface area contributed by atoms with E-state index in [1.54, 1.807) is 11.3 Å². The maximum Gasteiger partial charge on any atom is 0.324 e. The van der Waals surface area contributed by atoms with Gasteiger partial charge in [-0.25, -0.2) is 0 Å². The Morgan fingerprint density at radius 3 is 3.00 bits per heavy atom. The monoisotopic (exact) mass is 331 g/mol. The van der Waals surface area contributed by atoms with Crippen LogP contribution in [-0.4, -0.2) is 28.1 Å². The van der Waals surface area contributed by atoms with Gasteiger partial charge in [0.05, 0.1) is 0 Å². The molecule has 0 aliphatic carbocycles. The molecule has 0 aromatic carbocycles. The largest absolute Gasteiger partial charge is 0.480 e. The summed E-state index contributed by atoms with van der Waals surface area (Å²) in [6.07, 6.45) is 3.42. The third-order valence-corrected chi connectivity index (χ3v) is 5.34. The molecule has 1 unspecified atom stereocenters. The molecule has 1 fully saturated rings. The van der Waals surface area contributed by atoms with Gasteiger partial charge in [-0.05, 0) is 47.8 Å². The summed E-state index contributed by atoms with van der Waals surface area (Å²) in [5.41, 5.74) is -0.634. The van der Waals surface area contributed by atoms with Crippen molar-refractivity contribution in [1.82, 2.24) is 4.90 Å². The zero-order valence-corrected chi connectivity index (χ0v) is 12.9. The average Bonchev–Trinajstić information content (AvgIpc) is 2.88.